The average Bonchev–Trinajstić information content (AvgIpc) is 1.68. The SMILES string of the molecule is C=CC(N)=NC=N. The molecule has 0 radical (unpaired) electrons. The molecular weight excluding hydrogens is 90.1 g/mol. The van der Waals surface area contributed by atoms with Gasteiger partial charge < -0.3 is 5.73 Å². The van der Waals surface area contributed by atoms with Gasteiger partial charge in [-0.15, -0.1) is 0 Å². The standard InChI is InChI=1S/C4H7N3/c1-2-4(6)7-3-5/h2-3H,1H2,(H3,5,6,7). The molecule has 0 atom stereocenters. The minimum atomic E-state index is 0.273. The van der Waals surface area contributed by atoms with E-state index in [1.807, 2.05) is 0 Å². The Labute approximate surface area is 42.1 Å². The minimum absolute atomic E-state index is 0.273. The molecule has 0 amide bonds. The molecule has 0 aromatic heterocycles. The highest BCUT2D eigenvalue weighted by atomic mass is 14.8. The van der Waals surface area contributed by atoms with Gasteiger partial charge in [0.15, 0.2) is 0 Å². The van der Waals surface area contributed by atoms with Gasteiger partial charge in [0.25, 0.3) is 0 Å². The van der Waals surface area contributed by atoms with E-state index >= 15 is 0 Å². The van der Waals surface area contributed by atoms with Crippen LogP contribution in [-0.2, 0) is 0 Å². The fraction of sp³-hybridized carbons (Fsp3) is 0. The second kappa shape index (κ2) is 3.08. The maximum Gasteiger partial charge on any atom is 0.124 e. The zero-order valence-corrected chi connectivity index (χ0v) is 3.89. The van der Waals surface area contributed by atoms with E-state index in [-0.39, 0.29) is 5.84 Å². The highest BCUT2D eigenvalue weighted by molar-refractivity contribution is 5.95. The van der Waals surface area contributed by atoms with Crippen LogP contribution in [0.4, 0.5) is 0 Å². The van der Waals surface area contributed by atoms with Crippen LogP contribution in [0.3, 0.4) is 0 Å². The van der Waals surface area contributed by atoms with Gasteiger partial charge in [0.1, 0.15) is 12.2 Å². The summed E-state index contributed by atoms with van der Waals surface area (Å²) in [6.45, 7) is 3.32. The van der Waals surface area contributed by atoms with Gasteiger partial charge in [0.05, 0.1) is 0 Å². The molecule has 0 aliphatic heterocycles. The highest BCUT2D eigenvalue weighted by Crippen LogP contribution is 1.62. The summed E-state index contributed by atoms with van der Waals surface area (Å²) in [5.41, 5.74) is 5.06. The summed E-state index contributed by atoms with van der Waals surface area (Å²) in [5.74, 6) is 0.273. The smallest absolute Gasteiger partial charge is 0.124 e. The molecule has 0 saturated carbocycles. The first-order chi connectivity index (χ1) is 3.31. The second-order valence-electron chi connectivity index (χ2n) is 0.887. The van der Waals surface area contributed by atoms with Crippen molar-refractivity contribution in [3.63, 3.8) is 0 Å². The molecule has 0 unspecified atom stereocenters. The first kappa shape index (κ1) is 5.88. The van der Waals surface area contributed by atoms with Crippen molar-refractivity contribution < 1.29 is 0 Å². The van der Waals surface area contributed by atoms with Crippen molar-refractivity contribution in [1.29, 1.82) is 5.41 Å². The van der Waals surface area contributed by atoms with E-state index in [0.717, 1.165) is 6.34 Å². The number of hydrogen-bond donors (Lipinski definition) is 2. The largest absolute Gasteiger partial charge is 0.384 e. The molecule has 38 valence electrons. The third-order valence-electron chi connectivity index (χ3n) is 0.423. The normalized spacial score (nSPS) is 10.6. The summed E-state index contributed by atoms with van der Waals surface area (Å²) in [5, 5.41) is 6.40. The summed E-state index contributed by atoms with van der Waals surface area (Å²) < 4.78 is 0. The van der Waals surface area contributed by atoms with E-state index in [4.69, 9.17) is 11.1 Å². The Morgan fingerprint density at radius 3 is 2.57 bits per heavy atom. The Morgan fingerprint density at radius 2 is 2.43 bits per heavy atom. The molecule has 7 heavy (non-hydrogen) atoms. The van der Waals surface area contributed by atoms with E-state index in [0.29, 0.717) is 0 Å². The summed E-state index contributed by atoms with van der Waals surface area (Å²) in [6.07, 6.45) is 2.25. The minimum Gasteiger partial charge on any atom is -0.384 e. The lowest BCUT2D eigenvalue weighted by atomic mass is 10.6. The van der Waals surface area contributed by atoms with Crippen molar-refractivity contribution in [1.82, 2.24) is 0 Å². The first-order valence-electron chi connectivity index (χ1n) is 1.76. The molecule has 0 saturated heterocycles. The summed E-state index contributed by atoms with van der Waals surface area (Å²) in [4.78, 5) is 3.36. The fourth-order valence-electron chi connectivity index (χ4n) is 0.127. The van der Waals surface area contributed by atoms with Gasteiger partial charge in [-0.05, 0) is 6.08 Å². The third-order valence-corrected chi connectivity index (χ3v) is 0.423. The van der Waals surface area contributed by atoms with E-state index in [1.54, 1.807) is 0 Å². The zero-order chi connectivity index (χ0) is 5.70. The average molecular weight is 97.1 g/mol. The second-order valence-corrected chi connectivity index (χ2v) is 0.887. The van der Waals surface area contributed by atoms with Crippen LogP contribution in [0.5, 0.6) is 0 Å². The van der Waals surface area contributed by atoms with Crippen LogP contribution in [0.1, 0.15) is 0 Å². The van der Waals surface area contributed by atoms with E-state index in [1.165, 1.54) is 6.08 Å². The van der Waals surface area contributed by atoms with Gasteiger partial charge in [-0.25, -0.2) is 4.99 Å². The number of aliphatic imine (C=N–C) groups is 1. The lowest BCUT2D eigenvalue weighted by Crippen LogP contribution is -2.06. The van der Waals surface area contributed by atoms with Crippen LogP contribution in [-0.4, -0.2) is 12.2 Å². The van der Waals surface area contributed by atoms with Crippen molar-refractivity contribution >= 4 is 12.2 Å². The van der Waals surface area contributed by atoms with Gasteiger partial charge in [0.2, 0.25) is 0 Å². The maximum atomic E-state index is 6.40. The lowest BCUT2D eigenvalue weighted by molar-refractivity contribution is 1.50. The van der Waals surface area contributed by atoms with Crippen LogP contribution in [0.2, 0.25) is 0 Å². The van der Waals surface area contributed by atoms with Gasteiger partial charge in [-0.1, -0.05) is 6.58 Å². The van der Waals surface area contributed by atoms with Crippen LogP contribution in [0.15, 0.2) is 17.6 Å². The molecular formula is C4H7N3. The van der Waals surface area contributed by atoms with Crippen molar-refractivity contribution in [3.05, 3.63) is 12.7 Å². The van der Waals surface area contributed by atoms with Crippen LogP contribution < -0.4 is 5.73 Å². The molecule has 3 N–H and O–H groups in total. The molecule has 3 heteroatoms. The van der Waals surface area contributed by atoms with Gasteiger partial charge in [0, 0.05) is 0 Å². The molecule has 0 fully saturated rings. The van der Waals surface area contributed by atoms with Gasteiger partial charge >= 0.3 is 0 Å². The Morgan fingerprint density at radius 1 is 1.86 bits per heavy atom. The quantitative estimate of drug-likeness (QED) is 0.373. The molecule has 0 aliphatic rings. The number of nitrogens with zero attached hydrogens (tertiary/aromatic N) is 1. The first-order valence-corrected chi connectivity index (χ1v) is 1.76. The monoisotopic (exact) mass is 97.1 g/mol. The van der Waals surface area contributed by atoms with E-state index in [9.17, 15) is 0 Å². The summed E-state index contributed by atoms with van der Waals surface area (Å²) in [7, 11) is 0. The van der Waals surface area contributed by atoms with E-state index < -0.39 is 0 Å². The Balaban J connectivity index is 3.72. The van der Waals surface area contributed by atoms with Crippen LogP contribution in [0, 0.1) is 5.41 Å². The molecule has 0 rings (SSSR count). The fourth-order valence-corrected chi connectivity index (χ4v) is 0.127. The summed E-state index contributed by atoms with van der Waals surface area (Å²) >= 11 is 0. The predicted molar refractivity (Wildman–Crippen MR) is 30.6 cm³/mol. The van der Waals surface area contributed by atoms with Crippen molar-refractivity contribution in [2.24, 2.45) is 10.7 Å². The third kappa shape index (κ3) is 2.69. The predicted octanol–water partition coefficient (Wildman–Crippen LogP) is 0.137. The van der Waals surface area contributed by atoms with Crippen LogP contribution in [0.25, 0.3) is 0 Å². The van der Waals surface area contributed by atoms with Crippen molar-refractivity contribution in [2.45, 2.75) is 0 Å². The number of nitrogens with one attached hydrogen (secondary N) is 1. The van der Waals surface area contributed by atoms with E-state index in [2.05, 4.69) is 11.6 Å². The molecule has 0 spiro atoms. The van der Waals surface area contributed by atoms with Crippen molar-refractivity contribution in [3.8, 4) is 0 Å². The van der Waals surface area contributed by atoms with Gasteiger partial charge in [-0.2, -0.15) is 0 Å². The van der Waals surface area contributed by atoms with Crippen LogP contribution >= 0.6 is 0 Å². The Hall–Kier alpha value is -1.12. The molecule has 0 bridgehead atoms. The Kier molecular flexibility index (Phi) is 2.59. The number of nitrogens with two attached hydrogens (primary N) is 1. The maximum absolute atomic E-state index is 6.40. The summed E-state index contributed by atoms with van der Waals surface area (Å²) in [6, 6.07) is 0. The molecule has 0 aliphatic carbocycles. The zero-order valence-electron chi connectivity index (χ0n) is 3.89. The topological polar surface area (TPSA) is 62.2 Å². The lowest BCUT2D eigenvalue weighted by Gasteiger charge is -1.79. The highest BCUT2D eigenvalue weighted by Gasteiger charge is 1.71. The number of amidine groups is 1. The molecule has 0 aromatic rings. The van der Waals surface area contributed by atoms with Crippen molar-refractivity contribution in [2.75, 3.05) is 0 Å². The Bertz CT molecular complexity index is 104. The number of rotatable bonds is 2. The molecule has 3 nitrogen and oxygen atoms in total. The molecule has 0 aromatic carbocycles. The number of hydrogen-bond acceptors (Lipinski definition) is 1. The van der Waals surface area contributed by atoms with Gasteiger partial charge in [-0.3, -0.25) is 5.41 Å². The molecule has 0 heterocycles.